The highest BCUT2D eigenvalue weighted by atomic mass is 79.9. The first kappa shape index (κ1) is 15.5. The fourth-order valence-corrected chi connectivity index (χ4v) is 5.58. The zero-order chi connectivity index (χ0) is 15.0. The fourth-order valence-electron chi connectivity index (χ4n) is 3.30. The molecule has 2 unspecified atom stereocenters. The van der Waals surface area contributed by atoms with Gasteiger partial charge in [-0.3, -0.25) is 0 Å². The minimum absolute atomic E-state index is 0.00234. The molecule has 0 radical (unpaired) electrons. The van der Waals surface area contributed by atoms with Crippen molar-refractivity contribution >= 4 is 26.0 Å². The van der Waals surface area contributed by atoms with Crippen LogP contribution in [0.2, 0.25) is 0 Å². The Balaban J connectivity index is 1.72. The first-order valence-electron chi connectivity index (χ1n) is 7.24. The molecule has 3 rings (SSSR count). The van der Waals surface area contributed by atoms with E-state index < -0.39 is 10.0 Å². The summed E-state index contributed by atoms with van der Waals surface area (Å²) in [5.74, 6) is 0.452. The quantitative estimate of drug-likeness (QED) is 0.827. The van der Waals surface area contributed by atoms with E-state index in [0.29, 0.717) is 11.8 Å². The third-order valence-corrected chi connectivity index (χ3v) is 6.72. The molecule has 2 saturated heterocycles. The van der Waals surface area contributed by atoms with Crippen molar-refractivity contribution in [2.45, 2.75) is 49.2 Å². The maximum absolute atomic E-state index is 12.5. The number of nitrogens with zero attached hydrogens (tertiary/aromatic N) is 1. The van der Waals surface area contributed by atoms with Gasteiger partial charge < -0.3 is 15.1 Å². The van der Waals surface area contributed by atoms with Crippen molar-refractivity contribution in [3.8, 4) is 0 Å². The SMILES string of the molecule is NCc1cc(S(=O)(=O)NC2CCN3CCCC3C2)c(Br)o1. The number of hydrogen-bond donors (Lipinski definition) is 2. The summed E-state index contributed by atoms with van der Waals surface area (Å²) in [5.41, 5.74) is 5.48. The molecule has 2 atom stereocenters. The molecular weight excluding hydrogens is 358 g/mol. The van der Waals surface area contributed by atoms with Crippen molar-refractivity contribution < 1.29 is 12.8 Å². The average molecular weight is 378 g/mol. The highest BCUT2D eigenvalue weighted by Crippen LogP contribution is 2.30. The van der Waals surface area contributed by atoms with Crippen molar-refractivity contribution in [1.82, 2.24) is 9.62 Å². The monoisotopic (exact) mass is 377 g/mol. The predicted molar refractivity (Wildman–Crippen MR) is 82.2 cm³/mol. The maximum Gasteiger partial charge on any atom is 0.245 e. The molecule has 0 bridgehead atoms. The van der Waals surface area contributed by atoms with E-state index in [-0.39, 0.29) is 22.2 Å². The van der Waals surface area contributed by atoms with Crippen molar-refractivity contribution in [3.05, 3.63) is 16.5 Å². The van der Waals surface area contributed by atoms with Gasteiger partial charge >= 0.3 is 0 Å². The van der Waals surface area contributed by atoms with E-state index in [4.69, 9.17) is 10.2 Å². The van der Waals surface area contributed by atoms with E-state index in [1.165, 1.54) is 18.9 Å². The third kappa shape index (κ3) is 3.19. The standard InChI is InChI=1S/C13H20BrN3O3S/c14-13-12(7-11(8-15)20-13)21(18,19)16-9-3-5-17-4-1-2-10(17)6-9/h7,9-10,16H,1-6,8,15H2. The second-order valence-corrected chi connectivity index (χ2v) is 8.13. The van der Waals surface area contributed by atoms with Crippen molar-refractivity contribution in [2.75, 3.05) is 13.1 Å². The van der Waals surface area contributed by atoms with E-state index in [0.717, 1.165) is 25.9 Å². The molecule has 2 fully saturated rings. The topological polar surface area (TPSA) is 88.6 Å². The second kappa shape index (κ2) is 6.00. The van der Waals surface area contributed by atoms with Gasteiger partial charge in [-0.25, -0.2) is 13.1 Å². The molecule has 3 N–H and O–H groups in total. The molecule has 21 heavy (non-hydrogen) atoms. The molecule has 2 aliphatic rings. The van der Waals surface area contributed by atoms with Crippen molar-refractivity contribution in [3.63, 3.8) is 0 Å². The molecule has 118 valence electrons. The number of nitrogens with one attached hydrogen (secondary N) is 1. The van der Waals surface area contributed by atoms with Crippen LogP contribution in [-0.4, -0.2) is 38.5 Å². The van der Waals surface area contributed by atoms with Crippen LogP contribution in [-0.2, 0) is 16.6 Å². The van der Waals surface area contributed by atoms with Gasteiger partial charge in [-0.05, 0) is 54.7 Å². The minimum atomic E-state index is -3.57. The number of halogens is 1. The van der Waals surface area contributed by atoms with Crippen LogP contribution in [0, 0.1) is 0 Å². The number of rotatable bonds is 4. The predicted octanol–water partition coefficient (Wildman–Crippen LogP) is 1.41. The van der Waals surface area contributed by atoms with E-state index in [2.05, 4.69) is 25.6 Å². The van der Waals surface area contributed by atoms with Gasteiger partial charge in [0.05, 0.1) is 6.54 Å². The second-order valence-electron chi connectivity index (χ2n) is 5.73. The summed E-state index contributed by atoms with van der Waals surface area (Å²) in [6.45, 7) is 2.30. The number of fused-ring (bicyclic) bond motifs is 1. The van der Waals surface area contributed by atoms with Gasteiger partial charge in [0.2, 0.25) is 10.0 Å². The Morgan fingerprint density at radius 2 is 2.24 bits per heavy atom. The maximum atomic E-state index is 12.5. The molecular formula is C13H20BrN3O3S. The summed E-state index contributed by atoms with van der Waals surface area (Å²) in [7, 11) is -3.57. The zero-order valence-corrected chi connectivity index (χ0v) is 14.1. The Labute approximate surface area is 133 Å². The van der Waals surface area contributed by atoms with Crippen LogP contribution in [0.15, 0.2) is 20.0 Å². The Hall–Kier alpha value is -0.410. The van der Waals surface area contributed by atoms with E-state index in [9.17, 15) is 8.42 Å². The molecule has 0 aromatic carbocycles. The van der Waals surface area contributed by atoms with Crippen LogP contribution in [0.25, 0.3) is 0 Å². The molecule has 1 aromatic heterocycles. The van der Waals surface area contributed by atoms with E-state index in [1.807, 2.05) is 0 Å². The summed E-state index contributed by atoms with van der Waals surface area (Å²) < 4.78 is 33.3. The lowest BCUT2D eigenvalue weighted by Gasteiger charge is -2.34. The number of sulfonamides is 1. The zero-order valence-electron chi connectivity index (χ0n) is 11.7. The van der Waals surface area contributed by atoms with Crippen LogP contribution in [0.4, 0.5) is 0 Å². The van der Waals surface area contributed by atoms with Crippen LogP contribution in [0.3, 0.4) is 0 Å². The molecule has 0 spiro atoms. The summed E-state index contributed by atoms with van der Waals surface area (Å²) >= 11 is 3.15. The molecule has 1 aromatic rings. The molecule has 8 heteroatoms. The number of furan rings is 1. The smallest absolute Gasteiger partial charge is 0.245 e. The highest BCUT2D eigenvalue weighted by Gasteiger charge is 2.34. The lowest BCUT2D eigenvalue weighted by atomic mass is 9.99. The Kier molecular flexibility index (Phi) is 4.42. The molecule has 6 nitrogen and oxygen atoms in total. The normalized spacial score (nSPS) is 27.0. The molecule has 0 saturated carbocycles. The van der Waals surface area contributed by atoms with Gasteiger partial charge in [0.1, 0.15) is 10.7 Å². The van der Waals surface area contributed by atoms with Crippen LogP contribution in [0.1, 0.15) is 31.4 Å². The molecule has 0 aliphatic carbocycles. The van der Waals surface area contributed by atoms with Crippen LogP contribution >= 0.6 is 15.9 Å². The minimum Gasteiger partial charge on any atom is -0.452 e. The highest BCUT2D eigenvalue weighted by molar-refractivity contribution is 9.10. The lowest BCUT2D eigenvalue weighted by Crippen LogP contribution is -2.47. The Morgan fingerprint density at radius 1 is 1.43 bits per heavy atom. The van der Waals surface area contributed by atoms with Crippen LogP contribution < -0.4 is 10.5 Å². The number of nitrogens with two attached hydrogens (primary N) is 1. The lowest BCUT2D eigenvalue weighted by molar-refractivity contribution is 0.176. The van der Waals surface area contributed by atoms with E-state index in [1.54, 1.807) is 0 Å². The Morgan fingerprint density at radius 3 is 2.95 bits per heavy atom. The summed E-state index contributed by atoms with van der Waals surface area (Å²) in [6, 6.07) is 2.01. The van der Waals surface area contributed by atoms with Gasteiger partial charge in [0, 0.05) is 18.2 Å². The van der Waals surface area contributed by atoms with E-state index >= 15 is 0 Å². The van der Waals surface area contributed by atoms with Crippen LogP contribution in [0.5, 0.6) is 0 Å². The van der Waals surface area contributed by atoms with Gasteiger partial charge in [-0.2, -0.15) is 0 Å². The van der Waals surface area contributed by atoms with Gasteiger partial charge in [0.25, 0.3) is 0 Å². The van der Waals surface area contributed by atoms with Crippen molar-refractivity contribution in [1.29, 1.82) is 0 Å². The van der Waals surface area contributed by atoms with Gasteiger partial charge in [0.15, 0.2) is 4.67 Å². The summed E-state index contributed by atoms with van der Waals surface area (Å²) in [4.78, 5) is 2.60. The molecule has 3 heterocycles. The fraction of sp³-hybridized carbons (Fsp3) is 0.692. The summed E-state index contributed by atoms with van der Waals surface area (Å²) in [5, 5.41) is 0. The van der Waals surface area contributed by atoms with Crippen molar-refractivity contribution in [2.24, 2.45) is 5.73 Å². The van der Waals surface area contributed by atoms with Gasteiger partial charge in [-0.15, -0.1) is 0 Å². The number of hydrogen-bond acceptors (Lipinski definition) is 5. The van der Waals surface area contributed by atoms with Gasteiger partial charge in [-0.1, -0.05) is 0 Å². The first-order valence-corrected chi connectivity index (χ1v) is 9.52. The number of piperidine rings is 1. The first-order chi connectivity index (χ1) is 9.99. The average Bonchev–Trinajstić information content (AvgIpc) is 3.04. The summed E-state index contributed by atoms with van der Waals surface area (Å²) in [6.07, 6.45) is 4.13. The largest absolute Gasteiger partial charge is 0.452 e. The molecule has 2 aliphatic heterocycles. The Bertz CT molecular complexity index is 616. The molecule has 0 amide bonds. The third-order valence-electron chi connectivity index (χ3n) is 4.34.